The van der Waals surface area contributed by atoms with Crippen LogP contribution in [0.3, 0.4) is 0 Å². The van der Waals surface area contributed by atoms with Crippen molar-refractivity contribution < 1.29 is 22.4 Å². The number of oxazole rings is 1. The average molecular weight is 336 g/mol. The van der Waals surface area contributed by atoms with E-state index in [9.17, 15) is 13.2 Å². The third kappa shape index (κ3) is 5.75. The second kappa shape index (κ2) is 8.26. The van der Waals surface area contributed by atoms with Gasteiger partial charge in [0.25, 0.3) is 5.22 Å². The molecule has 1 aromatic rings. The number of thioether (sulfide) groups is 1. The van der Waals surface area contributed by atoms with Crippen molar-refractivity contribution in [3.63, 3.8) is 0 Å². The van der Waals surface area contributed by atoms with E-state index < -0.39 is 11.9 Å². The van der Waals surface area contributed by atoms with Gasteiger partial charge in [-0.15, -0.1) is 0 Å². The normalized spacial score (nSPS) is 12.0. The molecule has 8 heteroatoms. The molecule has 4 nitrogen and oxygen atoms in total. The molecule has 0 radical (unpaired) electrons. The molecule has 1 rings (SSSR count). The van der Waals surface area contributed by atoms with E-state index in [1.165, 1.54) is 6.21 Å². The Morgan fingerprint density at radius 3 is 2.59 bits per heavy atom. The standard InChI is InChI=1S/C14H19F3N2O2S/c1-5-20-18-8-10-11(14(2,3)4)19-13(21-10)22-7-6-9(15)12(16)17/h8H,5-7H2,1-4H3. The maximum absolute atomic E-state index is 12.7. The number of aromatic nitrogens is 1. The zero-order valence-corrected chi connectivity index (χ0v) is 13.8. The van der Waals surface area contributed by atoms with E-state index in [0.29, 0.717) is 18.1 Å². The monoisotopic (exact) mass is 336 g/mol. The first kappa shape index (κ1) is 18.6. The van der Waals surface area contributed by atoms with Gasteiger partial charge in [0.15, 0.2) is 11.6 Å². The summed E-state index contributed by atoms with van der Waals surface area (Å²) in [4.78, 5) is 9.21. The molecule has 0 fully saturated rings. The molecular weight excluding hydrogens is 317 g/mol. The highest BCUT2D eigenvalue weighted by Crippen LogP contribution is 2.30. The molecule has 0 N–H and O–H groups in total. The van der Waals surface area contributed by atoms with Gasteiger partial charge in [-0.2, -0.15) is 8.78 Å². The summed E-state index contributed by atoms with van der Waals surface area (Å²) in [5, 5.41) is 4.03. The maximum Gasteiger partial charge on any atom is 0.301 e. The number of hydrogen-bond donors (Lipinski definition) is 0. The van der Waals surface area contributed by atoms with E-state index in [2.05, 4.69) is 10.1 Å². The van der Waals surface area contributed by atoms with Crippen LogP contribution >= 0.6 is 11.8 Å². The minimum atomic E-state index is -2.28. The molecule has 0 amide bonds. The molecule has 0 aliphatic heterocycles. The van der Waals surface area contributed by atoms with E-state index in [1.807, 2.05) is 20.8 Å². The second-order valence-corrected chi connectivity index (χ2v) is 6.40. The molecule has 0 aliphatic carbocycles. The van der Waals surface area contributed by atoms with E-state index in [0.717, 1.165) is 11.8 Å². The van der Waals surface area contributed by atoms with Crippen molar-refractivity contribution in [2.75, 3.05) is 12.4 Å². The summed E-state index contributed by atoms with van der Waals surface area (Å²) in [6, 6.07) is 0. The summed E-state index contributed by atoms with van der Waals surface area (Å²) in [6.07, 6.45) is -1.24. The Bertz CT molecular complexity index is 547. The molecule has 0 atom stereocenters. The largest absolute Gasteiger partial charge is 0.430 e. The van der Waals surface area contributed by atoms with Gasteiger partial charge >= 0.3 is 6.08 Å². The minimum Gasteiger partial charge on any atom is -0.430 e. The van der Waals surface area contributed by atoms with E-state index in [4.69, 9.17) is 9.25 Å². The predicted octanol–water partition coefficient (Wildman–Crippen LogP) is 4.90. The fourth-order valence-corrected chi connectivity index (χ4v) is 2.24. The third-order valence-corrected chi connectivity index (χ3v) is 3.30. The van der Waals surface area contributed by atoms with Gasteiger partial charge in [-0.1, -0.05) is 37.7 Å². The topological polar surface area (TPSA) is 47.6 Å². The van der Waals surface area contributed by atoms with Crippen molar-refractivity contribution in [1.29, 1.82) is 0 Å². The van der Waals surface area contributed by atoms with Crippen molar-refractivity contribution in [1.82, 2.24) is 4.98 Å². The molecule has 0 saturated carbocycles. The Balaban J connectivity index is 2.82. The van der Waals surface area contributed by atoms with Crippen molar-refractivity contribution in [3.05, 3.63) is 23.4 Å². The maximum atomic E-state index is 12.7. The van der Waals surface area contributed by atoms with Gasteiger partial charge in [0.1, 0.15) is 12.8 Å². The van der Waals surface area contributed by atoms with Gasteiger partial charge in [-0.3, -0.25) is 0 Å². The Morgan fingerprint density at radius 2 is 2.05 bits per heavy atom. The highest BCUT2D eigenvalue weighted by atomic mass is 32.2. The van der Waals surface area contributed by atoms with Gasteiger partial charge in [-0.25, -0.2) is 9.37 Å². The molecule has 1 heterocycles. The smallest absolute Gasteiger partial charge is 0.301 e. The molecule has 0 spiro atoms. The molecule has 0 unspecified atom stereocenters. The van der Waals surface area contributed by atoms with Gasteiger partial charge in [0.05, 0.1) is 5.69 Å². The highest BCUT2D eigenvalue weighted by Gasteiger charge is 2.24. The Morgan fingerprint density at radius 1 is 1.36 bits per heavy atom. The zero-order chi connectivity index (χ0) is 16.8. The number of nitrogens with zero attached hydrogens (tertiary/aromatic N) is 2. The van der Waals surface area contributed by atoms with Crippen LogP contribution in [0.25, 0.3) is 0 Å². The Kier molecular flexibility index (Phi) is 6.99. The lowest BCUT2D eigenvalue weighted by atomic mass is 9.91. The van der Waals surface area contributed by atoms with Crippen LogP contribution in [0.1, 0.15) is 45.6 Å². The summed E-state index contributed by atoms with van der Waals surface area (Å²) in [5.74, 6) is -0.862. The second-order valence-electron chi connectivity index (χ2n) is 5.36. The van der Waals surface area contributed by atoms with Crippen LogP contribution in [0.4, 0.5) is 13.2 Å². The van der Waals surface area contributed by atoms with Gasteiger partial charge in [0.2, 0.25) is 0 Å². The number of rotatable bonds is 7. The average Bonchev–Trinajstić information content (AvgIpc) is 2.82. The summed E-state index contributed by atoms with van der Waals surface area (Å²) in [5.41, 5.74) is 0.387. The number of allylic oxidation sites excluding steroid dienone is 1. The highest BCUT2D eigenvalue weighted by molar-refractivity contribution is 7.99. The molecular formula is C14H19F3N2O2S. The molecule has 0 bridgehead atoms. The number of halogens is 3. The lowest BCUT2D eigenvalue weighted by Gasteiger charge is -2.14. The fraction of sp³-hybridized carbons (Fsp3) is 0.571. The van der Waals surface area contributed by atoms with Crippen LogP contribution in [0, 0.1) is 0 Å². The van der Waals surface area contributed by atoms with Crippen molar-refractivity contribution in [2.45, 2.75) is 44.8 Å². The Labute approximate surface area is 131 Å². The predicted molar refractivity (Wildman–Crippen MR) is 80.1 cm³/mol. The molecule has 22 heavy (non-hydrogen) atoms. The lowest BCUT2D eigenvalue weighted by Crippen LogP contribution is -2.14. The quantitative estimate of drug-likeness (QED) is 0.403. The molecule has 1 aromatic heterocycles. The fourth-order valence-electron chi connectivity index (χ4n) is 1.48. The summed E-state index contributed by atoms with van der Waals surface area (Å²) >= 11 is 1.07. The van der Waals surface area contributed by atoms with Crippen LogP contribution in [0.15, 0.2) is 26.7 Å². The minimum absolute atomic E-state index is 0.106. The SMILES string of the molecule is CCON=Cc1oc(SCCC(F)=C(F)F)nc1C(C)(C)C. The molecule has 0 saturated heterocycles. The van der Waals surface area contributed by atoms with Crippen LogP contribution < -0.4 is 0 Å². The first-order valence-electron chi connectivity index (χ1n) is 6.74. The van der Waals surface area contributed by atoms with E-state index in [1.54, 1.807) is 6.92 Å². The van der Waals surface area contributed by atoms with Gasteiger partial charge in [0, 0.05) is 17.6 Å². The first-order valence-corrected chi connectivity index (χ1v) is 7.73. The van der Waals surface area contributed by atoms with Crippen molar-refractivity contribution in [3.8, 4) is 0 Å². The molecule has 0 aliphatic rings. The molecule has 124 valence electrons. The summed E-state index contributed by atoms with van der Waals surface area (Å²) < 4.78 is 42.2. The first-order chi connectivity index (χ1) is 10.3. The van der Waals surface area contributed by atoms with Crippen LogP contribution in [0.5, 0.6) is 0 Å². The summed E-state index contributed by atoms with van der Waals surface area (Å²) in [7, 11) is 0. The Hall–Kier alpha value is -1.44. The van der Waals surface area contributed by atoms with Gasteiger partial charge < -0.3 is 9.25 Å². The van der Waals surface area contributed by atoms with E-state index in [-0.39, 0.29) is 22.8 Å². The van der Waals surface area contributed by atoms with E-state index >= 15 is 0 Å². The summed E-state index contributed by atoms with van der Waals surface area (Å²) in [6.45, 7) is 8.10. The third-order valence-electron chi connectivity index (χ3n) is 2.47. The van der Waals surface area contributed by atoms with Gasteiger partial charge in [-0.05, 0) is 6.92 Å². The lowest BCUT2D eigenvalue weighted by molar-refractivity contribution is 0.160. The van der Waals surface area contributed by atoms with Crippen molar-refractivity contribution in [2.24, 2.45) is 5.16 Å². The van der Waals surface area contributed by atoms with Crippen LogP contribution in [-0.2, 0) is 10.3 Å². The zero-order valence-electron chi connectivity index (χ0n) is 13.0. The van der Waals surface area contributed by atoms with Crippen LogP contribution in [0.2, 0.25) is 0 Å². The number of hydrogen-bond acceptors (Lipinski definition) is 5. The number of oxime groups is 1. The molecule has 0 aromatic carbocycles. The van der Waals surface area contributed by atoms with Crippen LogP contribution in [-0.4, -0.2) is 23.6 Å². The van der Waals surface area contributed by atoms with Crippen molar-refractivity contribution >= 4 is 18.0 Å².